The van der Waals surface area contributed by atoms with E-state index in [1.54, 1.807) is 24.3 Å². The molecule has 0 atom stereocenters. The standard InChI is InChI=1S/C16H15ClN2O3/c17-11-7-5-10(6-8-11)9-13-14(20)18-16(22)19(15(13)21)12-3-1-2-4-12/h5-9,12H,1-4H2,(H,18,20,22)/b13-9+. The Labute approximate surface area is 132 Å². The molecule has 114 valence electrons. The summed E-state index contributed by atoms with van der Waals surface area (Å²) < 4.78 is 0. The number of carbonyl (C=O) groups excluding carboxylic acids is 3. The lowest BCUT2D eigenvalue weighted by Crippen LogP contribution is -2.57. The molecule has 1 saturated carbocycles. The number of benzene rings is 1. The van der Waals surface area contributed by atoms with Gasteiger partial charge in [-0.3, -0.25) is 19.8 Å². The lowest BCUT2D eigenvalue weighted by atomic mass is 10.1. The molecule has 5 nitrogen and oxygen atoms in total. The number of rotatable bonds is 2. The Morgan fingerprint density at radius 1 is 1.09 bits per heavy atom. The Morgan fingerprint density at radius 3 is 2.36 bits per heavy atom. The molecule has 22 heavy (non-hydrogen) atoms. The Kier molecular flexibility index (Phi) is 3.98. The molecule has 0 radical (unpaired) electrons. The highest BCUT2D eigenvalue weighted by Gasteiger charge is 2.40. The highest BCUT2D eigenvalue weighted by atomic mass is 35.5. The van der Waals surface area contributed by atoms with Crippen LogP contribution in [0, 0.1) is 0 Å². The van der Waals surface area contributed by atoms with Crippen LogP contribution in [0.5, 0.6) is 0 Å². The van der Waals surface area contributed by atoms with E-state index in [-0.39, 0.29) is 11.6 Å². The van der Waals surface area contributed by atoms with Gasteiger partial charge >= 0.3 is 6.03 Å². The number of urea groups is 1. The Hall–Kier alpha value is -2.14. The van der Waals surface area contributed by atoms with E-state index in [1.807, 2.05) is 0 Å². The van der Waals surface area contributed by atoms with Gasteiger partial charge in [-0.25, -0.2) is 4.79 Å². The molecule has 1 aliphatic carbocycles. The summed E-state index contributed by atoms with van der Waals surface area (Å²) in [6, 6.07) is 6.06. The molecule has 0 bridgehead atoms. The summed E-state index contributed by atoms with van der Waals surface area (Å²) in [5, 5.41) is 2.82. The molecule has 0 unspecified atom stereocenters. The molecule has 3 rings (SSSR count). The van der Waals surface area contributed by atoms with E-state index in [0.717, 1.165) is 25.7 Å². The summed E-state index contributed by atoms with van der Waals surface area (Å²) in [7, 11) is 0. The molecular weight excluding hydrogens is 304 g/mol. The second-order valence-corrected chi connectivity index (χ2v) is 5.92. The molecule has 0 aromatic heterocycles. The molecule has 2 fully saturated rings. The predicted molar refractivity (Wildman–Crippen MR) is 82.1 cm³/mol. The van der Waals surface area contributed by atoms with Gasteiger partial charge in [0.25, 0.3) is 11.8 Å². The van der Waals surface area contributed by atoms with E-state index in [1.165, 1.54) is 11.0 Å². The van der Waals surface area contributed by atoms with Gasteiger partial charge < -0.3 is 0 Å². The van der Waals surface area contributed by atoms with Crippen LogP contribution in [0.2, 0.25) is 5.02 Å². The van der Waals surface area contributed by atoms with Crippen molar-refractivity contribution in [2.75, 3.05) is 0 Å². The molecule has 1 N–H and O–H groups in total. The fraction of sp³-hybridized carbons (Fsp3) is 0.312. The average Bonchev–Trinajstić information content (AvgIpc) is 2.99. The number of nitrogens with one attached hydrogen (secondary N) is 1. The van der Waals surface area contributed by atoms with Gasteiger partial charge in [-0.2, -0.15) is 0 Å². The second kappa shape index (κ2) is 5.93. The third-order valence-electron chi connectivity index (χ3n) is 4.00. The van der Waals surface area contributed by atoms with Crippen molar-refractivity contribution in [3.63, 3.8) is 0 Å². The van der Waals surface area contributed by atoms with Gasteiger partial charge in [0.15, 0.2) is 0 Å². The normalized spacial score (nSPS) is 21.6. The zero-order chi connectivity index (χ0) is 15.7. The van der Waals surface area contributed by atoms with Crippen molar-refractivity contribution in [1.82, 2.24) is 10.2 Å². The van der Waals surface area contributed by atoms with Crippen LogP contribution in [0.15, 0.2) is 29.8 Å². The van der Waals surface area contributed by atoms with Crippen molar-refractivity contribution in [3.8, 4) is 0 Å². The Balaban J connectivity index is 1.92. The topological polar surface area (TPSA) is 66.5 Å². The number of barbiturate groups is 1. The van der Waals surface area contributed by atoms with E-state index >= 15 is 0 Å². The fourth-order valence-corrected chi connectivity index (χ4v) is 3.02. The van der Waals surface area contributed by atoms with E-state index in [4.69, 9.17) is 11.6 Å². The van der Waals surface area contributed by atoms with Gasteiger partial charge in [-0.15, -0.1) is 0 Å². The summed E-state index contributed by atoms with van der Waals surface area (Å²) >= 11 is 5.82. The monoisotopic (exact) mass is 318 g/mol. The first-order valence-electron chi connectivity index (χ1n) is 7.22. The fourth-order valence-electron chi connectivity index (χ4n) is 2.89. The largest absolute Gasteiger partial charge is 0.331 e. The average molecular weight is 319 g/mol. The number of carbonyl (C=O) groups is 3. The molecule has 2 aliphatic rings. The zero-order valence-corrected chi connectivity index (χ0v) is 12.6. The Bertz CT molecular complexity index is 660. The summed E-state index contributed by atoms with van der Waals surface area (Å²) in [6.45, 7) is 0. The first-order chi connectivity index (χ1) is 10.6. The van der Waals surface area contributed by atoms with Crippen LogP contribution in [-0.4, -0.2) is 28.8 Å². The summed E-state index contributed by atoms with van der Waals surface area (Å²) in [5.74, 6) is -1.17. The van der Waals surface area contributed by atoms with Gasteiger partial charge in [0.1, 0.15) is 5.57 Å². The minimum Gasteiger partial charge on any atom is -0.273 e. The minimum absolute atomic E-state index is 0.0196. The van der Waals surface area contributed by atoms with Crippen molar-refractivity contribution in [1.29, 1.82) is 0 Å². The number of nitrogens with zero attached hydrogens (tertiary/aromatic N) is 1. The SMILES string of the molecule is O=C1NC(=O)N(C2CCCC2)C(=O)/C1=C/c1ccc(Cl)cc1. The number of amides is 4. The summed E-state index contributed by atoms with van der Waals surface area (Å²) in [4.78, 5) is 37.7. The molecular formula is C16H15ClN2O3. The van der Waals surface area contributed by atoms with Gasteiger partial charge in [0, 0.05) is 11.1 Å². The molecule has 1 aromatic rings. The number of halogens is 1. The van der Waals surface area contributed by atoms with Crippen LogP contribution in [0.4, 0.5) is 4.79 Å². The maximum absolute atomic E-state index is 12.6. The first-order valence-corrected chi connectivity index (χ1v) is 7.60. The van der Waals surface area contributed by atoms with Crippen LogP contribution in [-0.2, 0) is 9.59 Å². The highest BCUT2D eigenvalue weighted by molar-refractivity contribution is 6.31. The Morgan fingerprint density at radius 2 is 1.73 bits per heavy atom. The summed E-state index contributed by atoms with van der Waals surface area (Å²) in [6.07, 6.45) is 5.06. The predicted octanol–water partition coefficient (Wildman–Crippen LogP) is 2.74. The van der Waals surface area contributed by atoms with E-state index in [9.17, 15) is 14.4 Å². The highest BCUT2D eigenvalue weighted by Crippen LogP contribution is 2.27. The molecule has 1 aliphatic heterocycles. The van der Waals surface area contributed by atoms with E-state index in [0.29, 0.717) is 10.6 Å². The number of hydrogen-bond acceptors (Lipinski definition) is 3. The maximum atomic E-state index is 12.6. The van der Waals surface area contributed by atoms with Crippen LogP contribution in [0.1, 0.15) is 31.2 Å². The lowest BCUT2D eigenvalue weighted by molar-refractivity contribution is -0.131. The summed E-state index contributed by atoms with van der Waals surface area (Å²) in [5.41, 5.74) is 0.664. The van der Waals surface area contributed by atoms with Crippen LogP contribution >= 0.6 is 11.6 Å². The van der Waals surface area contributed by atoms with Crippen molar-refractivity contribution in [3.05, 3.63) is 40.4 Å². The van der Waals surface area contributed by atoms with Crippen LogP contribution in [0.3, 0.4) is 0 Å². The van der Waals surface area contributed by atoms with E-state index in [2.05, 4.69) is 5.32 Å². The number of imide groups is 2. The third-order valence-corrected chi connectivity index (χ3v) is 4.26. The van der Waals surface area contributed by atoms with Crippen molar-refractivity contribution in [2.24, 2.45) is 0 Å². The van der Waals surface area contributed by atoms with Crippen molar-refractivity contribution < 1.29 is 14.4 Å². The maximum Gasteiger partial charge on any atom is 0.331 e. The van der Waals surface area contributed by atoms with Crippen molar-refractivity contribution >= 4 is 35.5 Å². The molecule has 1 aromatic carbocycles. The van der Waals surface area contributed by atoms with Gasteiger partial charge in [-0.1, -0.05) is 36.6 Å². The zero-order valence-electron chi connectivity index (χ0n) is 11.8. The molecule has 4 amide bonds. The smallest absolute Gasteiger partial charge is 0.273 e. The second-order valence-electron chi connectivity index (χ2n) is 5.48. The molecule has 1 heterocycles. The molecule has 0 spiro atoms. The van der Waals surface area contributed by atoms with Gasteiger partial charge in [0.2, 0.25) is 0 Å². The van der Waals surface area contributed by atoms with Gasteiger partial charge in [-0.05, 0) is 36.6 Å². The first kappa shape index (κ1) is 14.8. The van der Waals surface area contributed by atoms with Crippen molar-refractivity contribution in [2.45, 2.75) is 31.7 Å². The molecule has 6 heteroatoms. The minimum atomic E-state index is -0.654. The van der Waals surface area contributed by atoms with Crippen LogP contribution < -0.4 is 5.32 Å². The third kappa shape index (κ3) is 2.76. The van der Waals surface area contributed by atoms with E-state index < -0.39 is 17.8 Å². The van der Waals surface area contributed by atoms with Crippen LogP contribution in [0.25, 0.3) is 6.08 Å². The quantitative estimate of drug-likeness (QED) is 0.673. The number of hydrogen-bond donors (Lipinski definition) is 1. The lowest BCUT2D eigenvalue weighted by Gasteiger charge is -2.31. The van der Waals surface area contributed by atoms with Gasteiger partial charge in [0.05, 0.1) is 0 Å². The molecule has 1 saturated heterocycles.